The number of halogens is 1. The highest BCUT2D eigenvalue weighted by molar-refractivity contribution is 5.60. The first-order valence-electron chi connectivity index (χ1n) is 6.17. The van der Waals surface area contributed by atoms with Crippen molar-refractivity contribution in [3.63, 3.8) is 0 Å². The third-order valence-electron chi connectivity index (χ3n) is 3.24. The summed E-state index contributed by atoms with van der Waals surface area (Å²) >= 11 is 0. The molecule has 0 saturated heterocycles. The lowest BCUT2D eigenvalue weighted by Crippen LogP contribution is -1.99. The van der Waals surface area contributed by atoms with Crippen molar-refractivity contribution in [3.05, 3.63) is 35.6 Å². The summed E-state index contributed by atoms with van der Waals surface area (Å²) in [6.07, 6.45) is 1.87. The molecular formula is C14H17FN2O. The number of hydrogen-bond donors (Lipinski definition) is 1. The van der Waals surface area contributed by atoms with Crippen LogP contribution < -0.4 is 5.73 Å². The Balaban J connectivity index is 2.35. The zero-order valence-electron chi connectivity index (χ0n) is 10.6. The lowest BCUT2D eigenvalue weighted by molar-refractivity contribution is 0.435. The van der Waals surface area contributed by atoms with Crippen LogP contribution in [0.4, 0.5) is 10.2 Å². The zero-order chi connectivity index (χ0) is 13.1. The van der Waals surface area contributed by atoms with E-state index in [1.54, 1.807) is 6.07 Å². The second-order valence-electron chi connectivity index (χ2n) is 4.37. The highest BCUT2D eigenvalue weighted by Crippen LogP contribution is 2.29. The fourth-order valence-corrected chi connectivity index (χ4v) is 2.16. The number of benzene rings is 1. The van der Waals surface area contributed by atoms with E-state index in [2.05, 4.69) is 19.0 Å². The van der Waals surface area contributed by atoms with Crippen LogP contribution in [-0.4, -0.2) is 5.16 Å². The molecule has 0 aliphatic carbocycles. The summed E-state index contributed by atoms with van der Waals surface area (Å²) in [6.45, 7) is 4.14. The van der Waals surface area contributed by atoms with Crippen LogP contribution in [-0.2, 0) is 0 Å². The molecular weight excluding hydrogens is 231 g/mol. The number of rotatable bonds is 4. The van der Waals surface area contributed by atoms with Gasteiger partial charge in [0.2, 0.25) is 0 Å². The SMILES string of the molecule is CCC(CC)c1ccc(-c2cc(N)no2)cc1F. The normalized spacial score (nSPS) is 11.1. The minimum Gasteiger partial charge on any atom is -0.381 e. The second kappa shape index (κ2) is 5.21. The first kappa shape index (κ1) is 12.6. The molecule has 96 valence electrons. The van der Waals surface area contributed by atoms with E-state index in [0.29, 0.717) is 17.1 Å². The van der Waals surface area contributed by atoms with Gasteiger partial charge in [0.15, 0.2) is 11.6 Å². The molecule has 1 aromatic carbocycles. The molecule has 0 amide bonds. The molecule has 0 aliphatic rings. The predicted octanol–water partition coefficient (Wildman–Crippen LogP) is 3.97. The van der Waals surface area contributed by atoms with Crippen molar-refractivity contribution in [1.82, 2.24) is 5.16 Å². The van der Waals surface area contributed by atoms with Crippen LogP contribution in [0, 0.1) is 5.82 Å². The first-order valence-corrected chi connectivity index (χ1v) is 6.17. The van der Waals surface area contributed by atoms with Crippen LogP contribution in [0.1, 0.15) is 38.2 Å². The van der Waals surface area contributed by atoms with Gasteiger partial charge in [0.1, 0.15) is 5.82 Å². The summed E-state index contributed by atoms with van der Waals surface area (Å²) in [6, 6.07) is 6.73. The van der Waals surface area contributed by atoms with Gasteiger partial charge in [-0.1, -0.05) is 31.1 Å². The monoisotopic (exact) mass is 248 g/mol. The van der Waals surface area contributed by atoms with Crippen molar-refractivity contribution >= 4 is 5.82 Å². The second-order valence-corrected chi connectivity index (χ2v) is 4.37. The molecule has 0 radical (unpaired) electrons. The topological polar surface area (TPSA) is 52.0 Å². The van der Waals surface area contributed by atoms with Gasteiger partial charge in [0.25, 0.3) is 0 Å². The molecule has 0 aliphatic heterocycles. The molecule has 3 nitrogen and oxygen atoms in total. The van der Waals surface area contributed by atoms with Crippen molar-refractivity contribution in [3.8, 4) is 11.3 Å². The minimum absolute atomic E-state index is 0.198. The summed E-state index contributed by atoms with van der Waals surface area (Å²) in [5.41, 5.74) is 6.90. The van der Waals surface area contributed by atoms with Crippen LogP contribution in [0.3, 0.4) is 0 Å². The Morgan fingerprint density at radius 3 is 2.50 bits per heavy atom. The molecule has 0 atom stereocenters. The van der Waals surface area contributed by atoms with Crippen LogP contribution in [0.2, 0.25) is 0 Å². The van der Waals surface area contributed by atoms with Gasteiger partial charge in [-0.05, 0) is 30.4 Å². The number of nitrogen functional groups attached to an aromatic ring is 1. The number of nitrogens with two attached hydrogens (primary N) is 1. The Morgan fingerprint density at radius 2 is 2.00 bits per heavy atom. The van der Waals surface area contributed by atoms with Gasteiger partial charge >= 0.3 is 0 Å². The van der Waals surface area contributed by atoms with Crippen molar-refractivity contribution in [2.45, 2.75) is 32.6 Å². The Labute approximate surface area is 106 Å². The van der Waals surface area contributed by atoms with Crippen LogP contribution in [0.25, 0.3) is 11.3 Å². The average molecular weight is 248 g/mol. The van der Waals surface area contributed by atoms with Gasteiger partial charge in [-0.2, -0.15) is 0 Å². The molecule has 0 fully saturated rings. The number of nitrogens with zero attached hydrogens (tertiary/aromatic N) is 1. The van der Waals surface area contributed by atoms with E-state index < -0.39 is 0 Å². The van der Waals surface area contributed by atoms with Gasteiger partial charge in [-0.15, -0.1) is 0 Å². The van der Waals surface area contributed by atoms with Gasteiger partial charge in [0, 0.05) is 11.6 Å². The lowest BCUT2D eigenvalue weighted by Gasteiger charge is -2.14. The van der Waals surface area contributed by atoms with E-state index >= 15 is 0 Å². The van der Waals surface area contributed by atoms with Gasteiger partial charge < -0.3 is 10.3 Å². The Morgan fingerprint density at radius 1 is 1.28 bits per heavy atom. The van der Waals surface area contributed by atoms with E-state index in [9.17, 15) is 4.39 Å². The van der Waals surface area contributed by atoms with E-state index in [1.165, 1.54) is 6.07 Å². The predicted molar refractivity (Wildman–Crippen MR) is 69.6 cm³/mol. The van der Waals surface area contributed by atoms with Gasteiger partial charge in [-0.25, -0.2) is 4.39 Å². The number of aromatic nitrogens is 1. The number of anilines is 1. The summed E-state index contributed by atoms with van der Waals surface area (Å²) in [7, 11) is 0. The molecule has 2 N–H and O–H groups in total. The molecule has 1 heterocycles. The molecule has 1 aromatic heterocycles. The maximum absolute atomic E-state index is 14.1. The van der Waals surface area contributed by atoms with Crippen LogP contribution in [0.5, 0.6) is 0 Å². The van der Waals surface area contributed by atoms with E-state index in [-0.39, 0.29) is 11.7 Å². The van der Waals surface area contributed by atoms with E-state index in [4.69, 9.17) is 10.3 Å². The van der Waals surface area contributed by atoms with E-state index in [0.717, 1.165) is 18.4 Å². The third kappa shape index (κ3) is 2.37. The summed E-state index contributed by atoms with van der Waals surface area (Å²) in [5.74, 6) is 0.854. The van der Waals surface area contributed by atoms with Crippen LogP contribution in [0.15, 0.2) is 28.8 Å². The minimum atomic E-state index is -0.198. The zero-order valence-corrected chi connectivity index (χ0v) is 10.6. The first-order chi connectivity index (χ1) is 8.65. The van der Waals surface area contributed by atoms with E-state index in [1.807, 2.05) is 12.1 Å². The fraction of sp³-hybridized carbons (Fsp3) is 0.357. The van der Waals surface area contributed by atoms with Crippen molar-refractivity contribution in [1.29, 1.82) is 0 Å². The molecule has 0 unspecified atom stereocenters. The highest BCUT2D eigenvalue weighted by atomic mass is 19.1. The Hall–Kier alpha value is -1.84. The smallest absolute Gasteiger partial charge is 0.169 e. The maximum Gasteiger partial charge on any atom is 0.169 e. The van der Waals surface area contributed by atoms with Gasteiger partial charge in [0.05, 0.1) is 0 Å². The van der Waals surface area contributed by atoms with Crippen molar-refractivity contribution in [2.75, 3.05) is 5.73 Å². The third-order valence-corrected chi connectivity index (χ3v) is 3.24. The number of hydrogen-bond acceptors (Lipinski definition) is 3. The van der Waals surface area contributed by atoms with Crippen molar-refractivity contribution < 1.29 is 8.91 Å². The lowest BCUT2D eigenvalue weighted by atomic mass is 9.92. The molecule has 0 bridgehead atoms. The quantitative estimate of drug-likeness (QED) is 0.890. The Bertz CT molecular complexity index is 532. The fourth-order valence-electron chi connectivity index (χ4n) is 2.16. The Kier molecular flexibility index (Phi) is 3.65. The summed E-state index contributed by atoms with van der Waals surface area (Å²) in [4.78, 5) is 0. The highest BCUT2D eigenvalue weighted by Gasteiger charge is 2.14. The van der Waals surface area contributed by atoms with Crippen LogP contribution >= 0.6 is 0 Å². The molecule has 2 aromatic rings. The molecule has 0 saturated carbocycles. The average Bonchev–Trinajstić information content (AvgIpc) is 2.79. The standard InChI is InChI=1S/C14H17FN2O/c1-3-9(4-2)11-6-5-10(7-12(11)15)13-8-14(16)17-18-13/h5-9H,3-4H2,1-2H3,(H2,16,17). The summed E-state index contributed by atoms with van der Waals surface area (Å²) in [5, 5.41) is 3.59. The largest absolute Gasteiger partial charge is 0.381 e. The van der Waals surface area contributed by atoms with Gasteiger partial charge in [-0.3, -0.25) is 0 Å². The molecule has 2 rings (SSSR count). The summed E-state index contributed by atoms with van der Waals surface area (Å²) < 4.78 is 19.1. The molecule has 18 heavy (non-hydrogen) atoms. The maximum atomic E-state index is 14.1. The molecule has 4 heteroatoms. The van der Waals surface area contributed by atoms with Crippen molar-refractivity contribution in [2.24, 2.45) is 0 Å². The molecule has 0 spiro atoms.